The van der Waals surface area contributed by atoms with E-state index in [0.717, 1.165) is 12.8 Å². The van der Waals surface area contributed by atoms with Crippen LogP contribution in [-0.4, -0.2) is 35.0 Å². The van der Waals surface area contributed by atoms with Gasteiger partial charge in [0.1, 0.15) is 0 Å². The molecule has 2 rings (SSSR count). The van der Waals surface area contributed by atoms with Crippen molar-refractivity contribution in [3.8, 4) is 0 Å². The summed E-state index contributed by atoms with van der Waals surface area (Å²) in [7, 11) is 0. The largest absolute Gasteiger partial charge is 0.478 e. The lowest BCUT2D eigenvalue weighted by atomic mass is 9.96. The van der Waals surface area contributed by atoms with Crippen LogP contribution in [0.5, 0.6) is 0 Å². The Hall–Kier alpha value is -2.10. The number of aromatic carboxylic acids is 1. The maximum absolute atomic E-state index is 12.3. The quantitative estimate of drug-likeness (QED) is 0.848. The smallest absolute Gasteiger partial charge is 0.335 e. The lowest BCUT2D eigenvalue weighted by molar-refractivity contribution is 0.0697. The maximum Gasteiger partial charge on any atom is 0.335 e. The van der Waals surface area contributed by atoms with Crippen LogP contribution in [0.1, 0.15) is 33.6 Å². The first-order chi connectivity index (χ1) is 9.11. The molecule has 1 N–H and O–H groups in total. The molecular formula is C15H17NO3. The Bertz CT molecular complexity index is 502. The molecule has 0 aromatic heterocycles. The number of carbonyl (C=O) groups is 2. The van der Waals surface area contributed by atoms with Gasteiger partial charge >= 0.3 is 5.97 Å². The van der Waals surface area contributed by atoms with Crippen LogP contribution >= 0.6 is 0 Å². The maximum atomic E-state index is 12.3. The summed E-state index contributed by atoms with van der Waals surface area (Å²) in [4.78, 5) is 25.0. The van der Waals surface area contributed by atoms with Gasteiger partial charge in [0.2, 0.25) is 0 Å². The Balaban J connectivity index is 2.10. The molecule has 1 aromatic carbocycles. The van der Waals surface area contributed by atoms with Gasteiger partial charge in [-0.3, -0.25) is 4.79 Å². The number of carboxylic acid groups (broad SMARTS) is 1. The highest BCUT2D eigenvalue weighted by molar-refractivity contribution is 5.97. The van der Waals surface area contributed by atoms with Crippen molar-refractivity contribution < 1.29 is 14.7 Å². The molecule has 1 aliphatic rings. The highest BCUT2D eigenvalue weighted by Crippen LogP contribution is 2.19. The first-order valence-corrected chi connectivity index (χ1v) is 6.37. The molecule has 100 valence electrons. The molecule has 1 aliphatic heterocycles. The van der Waals surface area contributed by atoms with E-state index in [2.05, 4.69) is 6.58 Å². The fraction of sp³-hybridized carbons (Fsp3) is 0.333. The molecule has 0 saturated carbocycles. The molecule has 1 heterocycles. The lowest BCUT2D eigenvalue weighted by Crippen LogP contribution is -2.38. The summed E-state index contributed by atoms with van der Waals surface area (Å²) in [5.74, 6) is -0.625. The number of benzene rings is 1. The van der Waals surface area contributed by atoms with Gasteiger partial charge in [0.15, 0.2) is 0 Å². The molecule has 1 fully saturated rings. The van der Waals surface area contributed by atoms with Crippen LogP contribution in [0.2, 0.25) is 0 Å². The zero-order valence-electron chi connectivity index (χ0n) is 10.7. The average molecular weight is 259 g/mol. The van der Waals surface area contributed by atoms with Crippen molar-refractivity contribution in [3.05, 3.63) is 48.0 Å². The van der Waals surface area contributed by atoms with E-state index < -0.39 is 5.97 Å². The van der Waals surface area contributed by atoms with Crippen LogP contribution in [0.4, 0.5) is 0 Å². The van der Waals surface area contributed by atoms with Gasteiger partial charge in [0, 0.05) is 18.7 Å². The molecule has 1 saturated heterocycles. The number of amides is 1. The molecule has 0 unspecified atom stereocenters. The van der Waals surface area contributed by atoms with Gasteiger partial charge < -0.3 is 10.0 Å². The average Bonchev–Trinajstić information content (AvgIpc) is 2.46. The Morgan fingerprint density at radius 3 is 2.47 bits per heavy atom. The van der Waals surface area contributed by atoms with Gasteiger partial charge in [0.25, 0.3) is 5.91 Å². The topological polar surface area (TPSA) is 57.6 Å². The highest BCUT2D eigenvalue weighted by atomic mass is 16.4. The number of carboxylic acids is 1. The Morgan fingerprint density at radius 2 is 1.89 bits per heavy atom. The Morgan fingerprint density at radius 1 is 1.26 bits per heavy atom. The van der Waals surface area contributed by atoms with E-state index in [4.69, 9.17) is 5.11 Å². The predicted molar refractivity (Wildman–Crippen MR) is 72.2 cm³/mol. The summed E-state index contributed by atoms with van der Waals surface area (Å²) in [6.45, 7) is 5.18. The van der Waals surface area contributed by atoms with Crippen molar-refractivity contribution >= 4 is 11.9 Å². The molecule has 0 atom stereocenters. The molecular weight excluding hydrogens is 242 g/mol. The van der Waals surface area contributed by atoms with E-state index in [0.29, 0.717) is 24.6 Å². The summed E-state index contributed by atoms with van der Waals surface area (Å²) in [5.41, 5.74) is 0.587. The number of carbonyl (C=O) groups excluding carboxylic acids is 1. The molecule has 19 heavy (non-hydrogen) atoms. The normalized spacial score (nSPS) is 16.1. The Labute approximate surface area is 112 Å². The number of likely N-dealkylation sites (tertiary alicyclic amines) is 1. The fourth-order valence-corrected chi connectivity index (χ4v) is 2.31. The molecule has 1 aromatic rings. The van der Waals surface area contributed by atoms with Crippen molar-refractivity contribution in [2.75, 3.05) is 13.1 Å². The van der Waals surface area contributed by atoms with Gasteiger partial charge in [-0.15, -0.1) is 6.58 Å². The number of piperidine rings is 1. The fourth-order valence-electron chi connectivity index (χ4n) is 2.31. The summed E-state index contributed by atoms with van der Waals surface area (Å²) < 4.78 is 0. The molecule has 1 amide bonds. The standard InChI is InChI=1S/C15H17NO3/c1-2-11-6-8-16(9-7-11)14(17)12-4-3-5-13(10-12)15(18)19/h2-5,10-11H,1,6-9H2,(H,18,19). The van der Waals surface area contributed by atoms with E-state index in [1.54, 1.807) is 17.0 Å². The first kappa shape index (κ1) is 13.3. The van der Waals surface area contributed by atoms with Crippen molar-refractivity contribution in [2.45, 2.75) is 12.8 Å². The SMILES string of the molecule is C=CC1CCN(C(=O)c2cccc(C(=O)O)c2)CC1. The minimum atomic E-state index is -1.01. The van der Waals surface area contributed by atoms with E-state index in [9.17, 15) is 9.59 Å². The molecule has 0 aliphatic carbocycles. The molecule has 0 bridgehead atoms. The second kappa shape index (κ2) is 5.69. The zero-order valence-corrected chi connectivity index (χ0v) is 10.7. The summed E-state index contributed by atoms with van der Waals surface area (Å²) in [6, 6.07) is 6.19. The third-order valence-electron chi connectivity index (χ3n) is 3.52. The number of rotatable bonds is 3. The number of hydrogen-bond donors (Lipinski definition) is 1. The highest BCUT2D eigenvalue weighted by Gasteiger charge is 2.22. The first-order valence-electron chi connectivity index (χ1n) is 6.37. The molecule has 0 spiro atoms. The molecule has 0 radical (unpaired) electrons. The predicted octanol–water partition coefficient (Wildman–Crippen LogP) is 2.42. The monoisotopic (exact) mass is 259 g/mol. The van der Waals surface area contributed by atoms with Crippen molar-refractivity contribution in [1.29, 1.82) is 0 Å². The van der Waals surface area contributed by atoms with Gasteiger partial charge in [0.05, 0.1) is 5.56 Å². The van der Waals surface area contributed by atoms with Gasteiger partial charge in [-0.1, -0.05) is 12.1 Å². The van der Waals surface area contributed by atoms with Crippen molar-refractivity contribution in [1.82, 2.24) is 4.90 Å². The molecule has 4 nitrogen and oxygen atoms in total. The van der Waals surface area contributed by atoms with Crippen LogP contribution in [0, 0.1) is 5.92 Å². The summed E-state index contributed by atoms with van der Waals surface area (Å²) in [5, 5.41) is 8.93. The minimum Gasteiger partial charge on any atom is -0.478 e. The van der Waals surface area contributed by atoms with Gasteiger partial charge in [-0.2, -0.15) is 0 Å². The second-order valence-electron chi connectivity index (χ2n) is 4.75. The summed E-state index contributed by atoms with van der Waals surface area (Å²) in [6.07, 6.45) is 3.79. The summed E-state index contributed by atoms with van der Waals surface area (Å²) >= 11 is 0. The van der Waals surface area contributed by atoms with Crippen LogP contribution in [0.25, 0.3) is 0 Å². The number of nitrogens with zero attached hydrogens (tertiary/aromatic N) is 1. The van der Waals surface area contributed by atoms with E-state index >= 15 is 0 Å². The van der Waals surface area contributed by atoms with Crippen LogP contribution in [-0.2, 0) is 0 Å². The number of hydrogen-bond acceptors (Lipinski definition) is 2. The third-order valence-corrected chi connectivity index (χ3v) is 3.52. The van der Waals surface area contributed by atoms with Crippen molar-refractivity contribution in [2.24, 2.45) is 5.92 Å². The number of allylic oxidation sites excluding steroid dienone is 1. The third kappa shape index (κ3) is 3.02. The van der Waals surface area contributed by atoms with E-state index in [1.807, 2.05) is 6.08 Å². The van der Waals surface area contributed by atoms with Gasteiger partial charge in [-0.05, 0) is 37.0 Å². The van der Waals surface area contributed by atoms with E-state index in [-0.39, 0.29) is 11.5 Å². The van der Waals surface area contributed by atoms with Crippen LogP contribution < -0.4 is 0 Å². The van der Waals surface area contributed by atoms with Crippen molar-refractivity contribution in [3.63, 3.8) is 0 Å². The van der Waals surface area contributed by atoms with Crippen LogP contribution in [0.3, 0.4) is 0 Å². The van der Waals surface area contributed by atoms with E-state index in [1.165, 1.54) is 12.1 Å². The minimum absolute atomic E-state index is 0.0920. The zero-order chi connectivity index (χ0) is 13.8. The second-order valence-corrected chi connectivity index (χ2v) is 4.75. The molecule has 4 heteroatoms. The lowest BCUT2D eigenvalue weighted by Gasteiger charge is -2.30. The van der Waals surface area contributed by atoms with Gasteiger partial charge in [-0.25, -0.2) is 4.79 Å². The van der Waals surface area contributed by atoms with Crippen LogP contribution in [0.15, 0.2) is 36.9 Å². The Kier molecular flexibility index (Phi) is 4.00.